The van der Waals surface area contributed by atoms with Crippen LogP contribution < -0.4 is 15.2 Å². The number of amides is 1. The van der Waals surface area contributed by atoms with Gasteiger partial charge >= 0.3 is 0 Å². The molecule has 3 N–H and O–H groups in total. The molecule has 0 saturated carbocycles. The zero-order valence-electron chi connectivity index (χ0n) is 18.4. The molecule has 0 aromatic heterocycles. The number of thioether (sulfide) groups is 1. The largest absolute Gasteiger partial charge is 0.488 e. The molecule has 1 atom stereocenters. The maximum absolute atomic E-state index is 12.5. The van der Waals surface area contributed by atoms with Crippen LogP contribution in [0.25, 0.3) is 0 Å². The zero-order chi connectivity index (χ0) is 24.3. The summed E-state index contributed by atoms with van der Waals surface area (Å²) in [5, 5.41) is 10.7. The van der Waals surface area contributed by atoms with E-state index in [4.69, 9.17) is 15.2 Å². The number of aliphatic hydroxyl groups excluding tert-OH is 1. The van der Waals surface area contributed by atoms with Crippen LogP contribution in [0.1, 0.15) is 31.1 Å². The van der Waals surface area contributed by atoms with Crippen LogP contribution in [-0.4, -0.2) is 43.6 Å². The van der Waals surface area contributed by atoms with E-state index in [-0.39, 0.29) is 33.7 Å². The molecule has 0 spiro atoms. The number of carbonyl (C=O) groups excluding carboxylic acids is 1. The van der Waals surface area contributed by atoms with E-state index in [0.717, 1.165) is 18.0 Å². The lowest BCUT2D eigenvalue weighted by molar-refractivity contribution is 0.100. The Morgan fingerprint density at radius 2 is 1.78 bits per heavy atom. The van der Waals surface area contributed by atoms with E-state index < -0.39 is 21.8 Å². The van der Waals surface area contributed by atoms with Gasteiger partial charge in [-0.2, -0.15) is 4.99 Å². The number of ether oxygens (including phenoxy) is 2. The minimum atomic E-state index is -3.33. The molecule has 32 heavy (non-hydrogen) atoms. The normalized spacial score (nSPS) is 12.2. The molecule has 0 fully saturated rings. The number of hydrogen-bond acceptors (Lipinski definition) is 7. The van der Waals surface area contributed by atoms with Crippen LogP contribution >= 0.6 is 11.8 Å². The Hall–Kier alpha value is -2.82. The lowest BCUT2D eigenvalue weighted by Gasteiger charge is -2.14. The van der Waals surface area contributed by atoms with Crippen molar-refractivity contribution < 1.29 is 27.8 Å². The zero-order valence-corrected chi connectivity index (χ0v) is 20.1. The Kier molecular flexibility index (Phi) is 11.0. The number of sulfone groups is 1. The highest BCUT2D eigenvalue weighted by atomic mass is 32.2. The molecular weight excluding hydrogens is 452 g/mol. The van der Waals surface area contributed by atoms with Gasteiger partial charge < -0.3 is 20.3 Å². The second-order valence-corrected chi connectivity index (χ2v) is 9.19. The fourth-order valence-corrected chi connectivity index (χ4v) is 3.20. The first-order valence-electron chi connectivity index (χ1n) is 9.69. The van der Waals surface area contributed by atoms with Gasteiger partial charge in [0.25, 0.3) is 5.91 Å². The van der Waals surface area contributed by atoms with Crippen molar-refractivity contribution in [3.05, 3.63) is 60.0 Å². The molecule has 0 aliphatic rings. The summed E-state index contributed by atoms with van der Waals surface area (Å²) in [5.74, 6) is 0.299. The van der Waals surface area contributed by atoms with Crippen molar-refractivity contribution in [1.82, 2.24) is 0 Å². The molecule has 2 aromatic rings. The molecule has 0 bridgehead atoms. The van der Waals surface area contributed by atoms with Crippen LogP contribution in [0.4, 0.5) is 0 Å². The van der Waals surface area contributed by atoms with Crippen LogP contribution in [0, 0.1) is 0 Å². The summed E-state index contributed by atoms with van der Waals surface area (Å²) in [4.78, 5) is 16.4. The van der Waals surface area contributed by atoms with Gasteiger partial charge in [-0.05, 0) is 48.7 Å². The third kappa shape index (κ3) is 8.74. The van der Waals surface area contributed by atoms with Gasteiger partial charge in [0.05, 0.1) is 11.5 Å². The van der Waals surface area contributed by atoms with E-state index in [9.17, 15) is 18.3 Å². The lowest BCUT2D eigenvalue weighted by atomic mass is 10.2. The van der Waals surface area contributed by atoms with Crippen LogP contribution in [-0.2, 0) is 9.84 Å². The highest BCUT2D eigenvalue weighted by Crippen LogP contribution is 2.29. The van der Waals surface area contributed by atoms with E-state index in [1.54, 1.807) is 13.0 Å². The van der Waals surface area contributed by atoms with Gasteiger partial charge in [0.2, 0.25) is 0 Å². The van der Waals surface area contributed by atoms with Gasteiger partial charge in [-0.3, -0.25) is 4.79 Å². The van der Waals surface area contributed by atoms with E-state index in [1.807, 2.05) is 13.8 Å². The first-order valence-corrected chi connectivity index (χ1v) is 12.5. The third-order valence-electron chi connectivity index (χ3n) is 3.62. The number of amidine groups is 1. The maximum Gasteiger partial charge on any atom is 0.279 e. The van der Waals surface area contributed by atoms with E-state index in [1.165, 1.54) is 41.8 Å². The number of nitrogens with two attached hydrogens (primary N) is 1. The Morgan fingerprint density at radius 1 is 1.19 bits per heavy atom. The van der Waals surface area contributed by atoms with Gasteiger partial charge in [-0.15, -0.1) is 0 Å². The van der Waals surface area contributed by atoms with Crippen LogP contribution in [0.3, 0.4) is 0 Å². The maximum atomic E-state index is 12.5. The number of aliphatic hydroxyl groups is 1. The van der Waals surface area contributed by atoms with Gasteiger partial charge in [0.15, 0.2) is 15.0 Å². The summed E-state index contributed by atoms with van der Waals surface area (Å²) >= 11 is 1.01. The molecule has 2 aromatic carbocycles. The molecule has 8 nitrogen and oxygen atoms in total. The average Bonchev–Trinajstić information content (AvgIpc) is 2.74. The molecule has 0 radical (unpaired) electrons. The first-order chi connectivity index (χ1) is 15.1. The number of carbonyl (C=O) groups is 1. The van der Waals surface area contributed by atoms with Crippen LogP contribution in [0.2, 0.25) is 0 Å². The van der Waals surface area contributed by atoms with E-state index in [2.05, 4.69) is 11.6 Å². The summed E-state index contributed by atoms with van der Waals surface area (Å²) in [5.41, 5.74) is 5.81. The Balaban J connectivity index is 0.00000249. The molecule has 10 heteroatoms. The van der Waals surface area contributed by atoms with Crippen molar-refractivity contribution in [3.63, 3.8) is 0 Å². The van der Waals surface area contributed by atoms with Crippen molar-refractivity contribution in [1.29, 1.82) is 0 Å². The number of hydrogen-bond donors (Lipinski definition) is 2. The topological polar surface area (TPSA) is 128 Å². The predicted molar refractivity (Wildman–Crippen MR) is 128 cm³/mol. The van der Waals surface area contributed by atoms with Gasteiger partial charge in [0, 0.05) is 17.9 Å². The molecule has 0 aliphatic carbocycles. The standard InChI is InChI=1S/C20H22N2O6S2.C2H6/c1-4-29-20(21)22-19(24)14-9-16(27-13(2)12-23)11-17(10-14)28-15-5-7-18(8-6-15)30(3,25)26;1-2/h4-11,13,23H,1,12H2,2-3H3,(H2,21,22,24);1-2H3. The Morgan fingerprint density at radius 3 is 2.31 bits per heavy atom. The third-order valence-corrected chi connectivity index (χ3v) is 5.25. The number of rotatable bonds is 8. The summed E-state index contributed by atoms with van der Waals surface area (Å²) in [6, 6.07) is 10.3. The van der Waals surface area contributed by atoms with Gasteiger partial charge in [-0.1, -0.05) is 32.2 Å². The average molecular weight is 481 g/mol. The van der Waals surface area contributed by atoms with Crippen LogP contribution in [0.5, 0.6) is 17.2 Å². The fourth-order valence-electron chi connectivity index (χ4n) is 2.26. The minimum absolute atomic E-state index is 0.0314. The number of nitrogens with zero attached hydrogens (tertiary/aromatic N) is 1. The molecule has 0 heterocycles. The first kappa shape index (κ1) is 27.2. The van der Waals surface area contributed by atoms with Gasteiger partial charge in [0.1, 0.15) is 23.4 Å². The van der Waals surface area contributed by atoms with E-state index in [0.29, 0.717) is 5.75 Å². The second-order valence-electron chi connectivity index (χ2n) is 6.19. The summed E-state index contributed by atoms with van der Waals surface area (Å²) in [6.45, 7) is 8.95. The molecule has 0 saturated heterocycles. The summed E-state index contributed by atoms with van der Waals surface area (Å²) < 4.78 is 34.5. The van der Waals surface area contributed by atoms with Crippen LogP contribution in [0.15, 0.2) is 64.3 Å². The van der Waals surface area contributed by atoms with Crippen molar-refractivity contribution in [3.8, 4) is 17.2 Å². The van der Waals surface area contributed by atoms with Gasteiger partial charge in [-0.25, -0.2) is 8.42 Å². The Labute approximate surface area is 193 Å². The molecule has 0 aliphatic heterocycles. The molecule has 174 valence electrons. The summed E-state index contributed by atoms with van der Waals surface area (Å²) in [7, 11) is -3.33. The van der Waals surface area contributed by atoms with Crippen molar-refractivity contribution in [2.45, 2.75) is 31.8 Å². The fraction of sp³-hybridized carbons (Fsp3) is 0.273. The minimum Gasteiger partial charge on any atom is -0.488 e. The SMILES string of the molecule is C=CSC(N)=NC(=O)c1cc(Oc2ccc(S(C)(=O)=O)cc2)cc(OC(C)CO)c1.CC. The highest BCUT2D eigenvalue weighted by Gasteiger charge is 2.13. The highest BCUT2D eigenvalue weighted by molar-refractivity contribution is 8.16. The van der Waals surface area contributed by atoms with Crippen molar-refractivity contribution in [2.75, 3.05) is 12.9 Å². The summed E-state index contributed by atoms with van der Waals surface area (Å²) in [6.07, 6.45) is 0.600. The van der Waals surface area contributed by atoms with Crippen molar-refractivity contribution in [2.24, 2.45) is 10.7 Å². The predicted octanol–water partition coefficient (Wildman–Crippen LogP) is 4.00. The number of benzene rings is 2. The molecule has 1 unspecified atom stereocenters. The Bertz CT molecular complexity index is 1050. The smallest absolute Gasteiger partial charge is 0.279 e. The quantitative estimate of drug-likeness (QED) is 0.428. The number of aliphatic imine (C=N–C) groups is 1. The monoisotopic (exact) mass is 480 g/mol. The molecule has 1 amide bonds. The van der Waals surface area contributed by atoms with E-state index >= 15 is 0 Å². The van der Waals surface area contributed by atoms with Crippen molar-refractivity contribution >= 4 is 32.7 Å². The second kappa shape index (κ2) is 12.9. The molecular formula is C22H28N2O6S2. The lowest BCUT2D eigenvalue weighted by Crippen LogP contribution is -2.16. The molecule has 2 rings (SSSR count).